The highest BCUT2D eigenvalue weighted by atomic mass is 16.6. The lowest BCUT2D eigenvalue weighted by molar-refractivity contribution is 0.114. The Hall–Kier alpha value is -1.56. The molecule has 1 atom stereocenters. The average Bonchev–Trinajstić information content (AvgIpc) is 2.60. The van der Waals surface area contributed by atoms with E-state index in [9.17, 15) is 4.79 Å². The summed E-state index contributed by atoms with van der Waals surface area (Å²) in [6.45, 7) is 4.26. The van der Waals surface area contributed by atoms with Crippen molar-refractivity contribution in [3.63, 3.8) is 0 Å². The van der Waals surface area contributed by atoms with E-state index >= 15 is 0 Å². The number of anilines is 1. The number of hydroxylamine groups is 1. The fourth-order valence-corrected chi connectivity index (χ4v) is 1.78. The minimum atomic E-state index is -0.420. The van der Waals surface area contributed by atoms with Crippen LogP contribution in [-0.2, 0) is 11.9 Å². The van der Waals surface area contributed by atoms with E-state index < -0.39 is 6.03 Å². The SMILES string of the molecule is CCCC(C)c1cn(C)nc1NC(=O)NOC. The molecule has 1 aromatic heterocycles. The van der Waals surface area contributed by atoms with Crippen molar-refractivity contribution in [3.05, 3.63) is 11.8 Å². The van der Waals surface area contributed by atoms with Crippen LogP contribution >= 0.6 is 0 Å². The first kappa shape index (κ1) is 13.5. The second-order valence-electron chi connectivity index (χ2n) is 4.06. The normalized spacial score (nSPS) is 12.2. The van der Waals surface area contributed by atoms with Gasteiger partial charge in [0.15, 0.2) is 5.82 Å². The maximum absolute atomic E-state index is 11.4. The van der Waals surface area contributed by atoms with Crippen molar-refractivity contribution in [1.29, 1.82) is 0 Å². The molecule has 0 aliphatic heterocycles. The first-order valence-corrected chi connectivity index (χ1v) is 5.72. The van der Waals surface area contributed by atoms with Crippen LogP contribution in [0.3, 0.4) is 0 Å². The van der Waals surface area contributed by atoms with Crippen LogP contribution in [0.5, 0.6) is 0 Å². The molecule has 6 nitrogen and oxygen atoms in total. The zero-order chi connectivity index (χ0) is 12.8. The lowest BCUT2D eigenvalue weighted by Crippen LogP contribution is -2.28. The summed E-state index contributed by atoms with van der Waals surface area (Å²) < 4.78 is 1.70. The van der Waals surface area contributed by atoms with Crippen molar-refractivity contribution in [2.24, 2.45) is 7.05 Å². The summed E-state index contributed by atoms with van der Waals surface area (Å²) in [5, 5.41) is 6.89. The first-order chi connectivity index (χ1) is 8.08. The van der Waals surface area contributed by atoms with Crippen LogP contribution in [-0.4, -0.2) is 22.9 Å². The molecule has 0 spiro atoms. The van der Waals surface area contributed by atoms with Gasteiger partial charge in [0.2, 0.25) is 0 Å². The number of hydrogen-bond donors (Lipinski definition) is 2. The minimum Gasteiger partial charge on any atom is -0.289 e. The van der Waals surface area contributed by atoms with Crippen LogP contribution in [0.15, 0.2) is 6.20 Å². The van der Waals surface area contributed by atoms with Gasteiger partial charge in [0, 0.05) is 18.8 Å². The first-order valence-electron chi connectivity index (χ1n) is 5.72. The summed E-state index contributed by atoms with van der Waals surface area (Å²) in [5.41, 5.74) is 3.24. The Kier molecular flexibility index (Phi) is 4.96. The maximum Gasteiger partial charge on any atom is 0.344 e. The van der Waals surface area contributed by atoms with Gasteiger partial charge in [0.05, 0.1) is 7.11 Å². The average molecular weight is 240 g/mol. The fourth-order valence-electron chi connectivity index (χ4n) is 1.78. The number of carbonyl (C=O) groups excluding carboxylic acids is 1. The van der Waals surface area contributed by atoms with Crippen molar-refractivity contribution < 1.29 is 9.63 Å². The van der Waals surface area contributed by atoms with Crippen LogP contribution in [0.1, 0.15) is 38.2 Å². The van der Waals surface area contributed by atoms with Crippen LogP contribution in [0.25, 0.3) is 0 Å². The van der Waals surface area contributed by atoms with Gasteiger partial charge in [0.1, 0.15) is 0 Å². The highest BCUT2D eigenvalue weighted by Crippen LogP contribution is 2.26. The van der Waals surface area contributed by atoms with Crippen molar-refractivity contribution in [2.75, 3.05) is 12.4 Å². The van der Waals surface area contributed by atoms with Gasteiger partial charge >= 0.3 is 6.03 Å². The van der Waals surface area contributed by atoms with Crippen LogP contribution in [0, 0.1) is 0 Å². The Morgan fingerprint density at radius 1 is 1.65 bits per heavy atom. The predicted molar refractivity (Wildman–Crippen MR) is 65.7 cm³/mol. The van der Waals surface area contributed by atoms with Gasteiger partial charge in [-0.2, -0.15) is 5.10 Å². The second kappa shape index (κ2) is 6.24. The van der Waals surface area contributed by atoms with E-state index in [1.165, 1.54) is 7.11 Å². The topological polar surface area (TPSA) is 68.2 Å². The molecule has 0 aliphatic carbocycles. The second-order valence-corrected chi connectivity index (χ2v) is 4.06. The molecule has 17 heavy (non-hydrogen) atoms. The van der Waals surface area contributed by atoms with Gasteiger partial charge in [-0.25, -0.2) is 10.3 Å². The highest BCUT2D eigenvalue weighted by molar-refractivity contribution is 5.88. The van der Waals surface area contributed by atoms with E-state index in [2.05, 4.69) is 34.6 Å². The van der Waals surface area contributed by atoms with Crippen LogP contribution < -0.4 is 10.8 Å². The van der Waals surface area contributed by atoms with Crippen LogP contribution in [0.4, 0.5) is 10.6 Å². The molecule has 6 heteroatoms. The number of nitrogens with one attached hydrogen (secondary N) is 2. The van der Waals surface area contributed by atoms with Crippen molar-refractivity contribution in [2.45, 2.75) is 32.6 Å². The van der Waals surface area contributed by atoms with Gasteiger partial charge in [-0.05, 0) is 12.3 Å². The van der Waals surface area contributed by atoms with Gasteiger partial charge in [-0.1, -0.05) is 20.3 Å². The third-order valence-corrected chi connectivity index (χ3v) is 2.54. The quantitative estimate of drug-likeness (QED) is 0.773. The molecule has 2 N–H and O–H groups in total. The summed E-state index contributed by atoms with van der Waals surface area (Å²) in [5.74, 6) is 0.953. The molecule has 0 saturated heterocycles. The molecule has 0 aromatic carbocycles. The Morgan fingerprint density at radius 2 is 2.35 bits per heavy atom. The molecule has 0 bridgehead atoms. The fraction of sp³-hybridized carbons (Fsp3) is 0.636. The molecule has 1 rings (SSSR count). The standard InChI is InChI=1S/C11H20N4O2/c1-5-6-8(2)9-7-15(3)13-10(9)12-11(16)14-17-4/h7-8H,5-6H2,1-4H3,(H2,12,13,14,16). The van der Waals surface area contributed by atoms with Gasteiger partial charge < -0.3 is 0 Å². The number of aromatic nitrogens is 2. The van der Waals surface area contributed by atoms with E-state index in [0.29, 0.717) is 11.7 Å². The molecule has 2 amide bonds. The summed E-state index contributed by atoms with van der Waals surface area (Å²) in [4.78, 5) is 15.9. The molecule has 0 fully saturated rings. The number of hydrogen-bond acceptors (Lipinski definition) is 3. The Morgan fingerprint density at radius 3 is 2.94 bits per heavy atom. The number of rotatable bonds is 5. The molecule has 0 radical (unpaired) electrons. The van der Waals surface area contributed by atoms with E-state index in [1.54, 1.807) is 4.68 Å². The van der Waals surface area contributed by atoms with E-state index in [4.69, 9.17) is 0 Å². The summed E-state index contributed by atoms with van der Waals surface area (Å²) in [6, 6.07) is -0.420. The highest BCUT2D eigenvalue weighted by Gasteiger charge is 2.15. The number of carbonyl (C=O) groups is 1. The molecular formula is C11H20N4O2. The minimum absolute atomic E-state index is 0.367. The molecular weight excluding hydrogens is 220 g/mol. The smallest absolute Gasteiger partial charge is 0.289 e. The zero-order valence-electron chi connectivity index (χ0n) is 10.8. The lowest BCUT2D eigenvalue weighted by atomic mass is 9.99. The third kappa shape index (κ3) is 3.74. The summed E-state index contributed by atoms with van der Waals surface area (Å²) in [6.07, 6.45) is 4.09. The molecule has 1 aromatic rings. The predicted octanol–water partition coefficient (Wildman–Crippen LogP) is 2.01. The number of amides is 2. The number of urea groups is 1. The van der Waals surface area contributed by atoms with Gasteiger partial charge in [-0.3, -0.25) is 14.8 Å². The number of nitrogens with zero attached hydrogens (tertiary/aromatic N) is 2. The van der Waals surface area contributed by atoms with Gasteiger partial charge in [-0.15, -0.1) is 0 Å². The van der Waals surface area contributed by atoms with Crippen molar-refractivity contribution in [3.8, 4) is 0 Å². The van der Waals surface area contributed by atoms with E-state index in [1.807, 2.05) is 13.2 Å². The molecule has 1 heterocycles. The number of aryl methyl sites for hydroxylation is 1. The molecule has 1 unspecified atom stereocenters. The molecule has 0 saturated carbocycles. The zero-order valence-corrected chi connectivity index (χ0v) is 10.8. The lowest BCUT2D eigenvalue weighted by Gasteiger charge is -2.10. The van der Waals surface area contributed by atoms with Crippen molar-refractivity contribution >= 4 is 11.8 Å². The monoisotopic (exact) mass is 240 g/mol. The molecule has 96 valence electrons. The summed E-state index contributed by atoms with van der Waals surface area (Å²) >= 11 is 0. The van der Waals surface area contributed by atoms with Gasteiger partial charge in [0.25, 0.3) is 0 Å². The Labute approximate surface area is 101 Å². The molecule has 0 aliphatic rings. The van der Waals surface area contributed by atoms with Crippen molar-refractivity contribution in [1.82, 2.24) is 15.3 Å². The Bertz CT molecular complexity index is 376. The third-order valence-electron chi connectivity index (χ3n) is 2.54. The maximum atomic E-state index is 11.4. The van der Waals surface area contributed by atoms with E-state index in [0.717, 1.165) is 18.4 Å². The van der Waals surface area contributed by atoms with E-state index in [-0.39, 0.29) is 0 Å². The van der Waals surface area contributed by atoms with Crippen LogP contribution in [0.2, 0.25) is 0 Å². The largest absolute Gasteiger partial charge is 0.344 e. The summed E-state index contributed by atoms with van der Waals surface area (Å²) in [7, 11) is 3.22. The Balaban J connectivity index is 2.80.